The highest BCUT2D eigenvalue weighted by Crippen LogP contribution is 2.09. The normalized spacial score (nSPS) is 9.89. The molecule has 0 aliphatic carbocycles. The van der Waals surface area contributed by atoms with Crippen molar-refractivity contribution in [3.63, 3.8) is 0 Å². The van der Waals surface area contributed by atoms with Crippen molar-refractivity contribution in [1.82, 2.24) is 0 Å². The van der Waals surface area contributed by atoms with Crippen LogP contribution >= 0.6 is 31.5 Å². The van der Waals surface area contributed by atoms with Crippen molar-refractivity contribution in [2.24, 2.45) is 5.41 Å². The summed E-state index contributed by atoms with van der Waals surface area (Å²) in [6.45, 7) is 12.1. The molecular weight excluding hydrogens is 380 g/mol. The van der Waals surface area contributed by atoms with E-state index >= 15 is 0 Å². The number of halogens is 4. The minimum Gasteiger partial charge on any atom is -0.273 e. The first-order valence-electron chi connectivity index (χ1n) is 5.45. The molecule has 0 saturated heterocycles. The molecule has 0 fully saturated rings. The lowest BCUT2D eigenvalue weighted by molar-refractivity contribution is 0.570. The Hall–Kier alpha value is 0.287. The zero-order chi connectivity index (χ0) is 15.0. The SMILES string of the molecule is CC(C)(C)C#CB(F)F.C[Si](C)(C)C#CB(Br)Br. The van der Waals surface area contributed by atoms with Crippen LogP contribution in [0, 0.1) is 28.5 Å². The van der Waals surface area contributed by atoms with Crippen LogP contribution in [0.3, 0.4) is 0 Å². The number of rotatable bonds is 0. The van der Waals surface area contributed by atoms with E-state index in [2.05, 4.69) is 68.4 Å². The Kier molecular flexibility index (Phi) is 10.6. The van der Waals surface area contributed by atoms with Crippen LogP contribution in [0.4, 0.5) is 8.63 Å². The Morgan fingerprint density at radius 2 is 1.44 bits per heavy atom. The first-order valence-corrected chi connectivity index (χ1v) is 10.8. The lowest BCUT2D eigenvalue weighted by Crippen LogP contribution is -2.16. The highest BCUT2D eigenvalue weighted by atomic mass is 79.9. The van der Waals surface area contributed by atoms with Gasteiger partial charge in [0.15, 0.2) is 0 Å². The van der Waals surface area contributed by atoms with E-state index in [9.17, 15) is 8.63 Å². The Morgan fingerprint density at radius 3 is 1.56 bits per heavy atom. The summed E-state index contributed by atoms with van der Waals surface area (Å²) in [6, 6.07) is 0. The second kappa shape index (κ2) is 9.23. The van der Waals surface area contributed by atoms with E-state index in [-0.39, 0.29) is 9.78 Å². The molecule has 0 saturated carbocycles. The molecule has 0 amide bonds. The van der Waals surface area contributed by atoms with Crippen LogP contribution in [-0.4, -0.2) is 19.7 Å². The summed E-state index contributed by atoms with van der Waals surface area (Å²) >= 11 is 6.58. The molecule has 100 valence electrons. The predicted molar refractivity (Wildman–Crippen MR) is 89.9 cm³/mol. The van der Waals surface area contributed by atoms with Crippen molar-refractivity contribution in [2.75, 3.05) is 0 Å². The molecule has 0 rings (SSSR count). The molecule has 0 bridgehead atoms. The second-order valence-electron chi connectivity index (χ2n) is 5.64. The van der Waals surface area contributed by atoms with E-state index in [1.165, 1.54) is 0 Å². The summed E-state index contributed by atoms with van der Waals surface area (Å²) in [4.78, 5) is 0. The van der Waals surface area contributed by atoms with E-state index in [1.54, 1.807) is 26.6 Å². The average molecular weight is 398 g/mol. The quantitative estimate of drug-likeness (QED) is 0.411. The summed E-state index contributed by atoms with van der Waals surface area (Å²) in [5.41, 5.74) is 2.91. The minimum absolute atomic E-state index is 0.164. The molecule has 0 radical (unpaired) electrons. The van der Waals surface area contributed by atoms with Crippen molar-refractivity contribution in [3.8, 4) is 23.1 Å². The summed E-state index contributed by atoms with van der Waals surface area (Å²) in [6.07, 6.45) is 0. The van der Waals surface area contributed by atoms with Crippen LogP contribution in [0.15, 0.2) is 0 Å². The summed E-state index contributed by atoms with van der Waals surface area (Å²) in [5, 5.41) is 0. The molecule has 0 aromatic heterocycles. The number of hydrogen-bond acceptors (Lipinski definition) is 0. The molecule has 0 aromatic carbocycles. The molecule has 0 unspecified atom stereocenters. The molecule has 0 spiro atoms. The highest BCUT2D eigenvalue weighted by molar-refractivity contribution is 9.49. The third kappa shape index (κ3) is 25.2. The molecule has 0 atom stereocenters. The molecular formula is C11H18B2Br2F2Si. The summed E-state index contributed by atoms with van der Waals surface area (Å²) in [7, 11) is -3.64. The maximum absolute atomic E-state index is 11.4. The Balaban J connectivity index is 0. The van der Waals surface area contributed by atoms with Crippen LogP contribution in [0.5, 0.6) is 0 Å². The van der Waals surface area contributed by atoms with Gasteiger partial charge in [-0.25, -0.2) is 0 Å². The zero-order valence-corrected chi connectivity index (χ0v) is 15.8. The van der Waals surface area contributed by atoms with Crippen molar-refractivity contribution in [2.45, 2.75) is 40.4 Å². The number of hydrogen-bond donors (Lipinski definition) is 0. The van der Waals surface area contributed by atoms with Crippen LogP contribution in [-0.2, 0) is 0 Å². The molecule has 0 aromatic rings. The lowest BCUT2D eigenvalue weighted by atomic mass is 9.92. The third-order valence-corrected chi connectivity index (χ3v) is 2.46. The van der Waals surface area contributed by atoms with Gasteiger partial charge in [-0.1, -0.05) is 25.5 Å². The maximum atomic E-state index is 11.4. The van der Waals surface area contributed by atoms with E-state index in [0.29, 0.717) is 0 Å². The fraction of sp³-hybridized carbons (Fsp3) is 0.636. The molecule has 0 aliphatic rings. The average Bonchev–Trinajstić information content (AvgIpc) is 2.10. The van der Waals surface area contributed by atoms with Gasteiger partial charge >= 0.3 is 11.6 Å². The van der Waals surface area contributed by atoms with Crippen molar-refractivity contribution >= 4 is 51.2 Å². The van der Waals surface area contributed by atoms with E-state index in [0.717, 1.165) is 0 Å². The van der Waals surface area contributed by atoms with Crippen LogP contribution in [0.1, 0.15) is 20.8 Å². The highest BCUT2D eigenvalue weighted by Gasteiger charge is 2.09. The van der Waals surface area contributed by atoms with Gasteiger partial charge in [0.05, 0.1) is 0 Å². The van der Waals surface area contributed by atoms with Gasteiger partial charge in [-0.05, 0) is 20.8 Å². The van der Waals surface area contributed by atoms with Gasteiger partial charge in [-0.15, -0.1) is 48.8 Å². The van der Waals surface area contributed by atoms with Crippen LogP contribution in [0.25, 0.3) is 0 Å². The first-order chi connectivity index (χ1) is 7.83. The Bertz CT molecular complexity index is 316. The lowest BCUT2D eigenvalue weighted by Gasteiger charge is -2.06. The molecule has 0 heterocycles. The van der Waals surface area contributed by atoms with Crippen LogP contribution in [0.2, 0.25) is 19.6 Å². The van der Waals surface area contributed by atoms with E-state index in [4.69, 9.17) is 0 Å². The topological polar surface area (TPSA) is 0 Å². The smallest absolute Gasteiger partial charge is 0.273 e. The van der Waals surface area contributed by atoms with Gasteiger partial charge in [0, 0.05) is 5.41 Å². The van der Waals surface area contributed by atoms with Gasteiger partial charge < -0.3 is 0 Å². The fourth-order valence-corrected chi connectivity index (χ4v) is 1.77. The first kappa shape index (κ1) is 20.6. The standard InChI is InChI=1S/C6H9BF2.C5H9BBr2Si/c1-6(2,3)4-5-7(8)9;1-9(2,3)5-4-6(7)8/h2*1-3H3. The van der Waals surface area contributed by atoms with E-state index < -0.39 is 15.3 Å². The largest absolute Gasteiger partial charge is 0.627 e. The van der Waals surface area contributed by atoms with Gasteiger partial charge in [-0.3, -0.25) is 8.63 Å². The molecule has 0 nitrogen and oxygen atoms in total. The molecule has 0 N–H and O–H groups in total. The van der Waals surface area contributed by atoms with Gasteiger partial charge in [0.25, 0.3) is 0 Å². The van der Waals surface area contributed by atoms with Gasteiger partial charge in [0.2, 0.25) is 0 Å². The van der Waals surface area contributed by atoms with Crippen molar-refractivity contribution in [1.29, 1.82) is 0 Å². The maximum Gasteiger partial charge on any atom is 0.627 e. The van der Waals surface area contributed by atoms with E-state index in [1.807, 2.05) is 0 Å². The van der Waals surface area contributed by atoms with Gasteiger partial charge in [-0.2, -0.15) is 0 Å². The third-order valence-electron chi connectivity index (χ3n) is 1.11. The predicted octanol–water partition coefficient (Wildman–Crippen LogP) is 4.69. The van der Waals surface area contributed by atoms with Crippen molar-refractivity contribution in [3.05, 3.63) is 0 Å². The van der Waals surface area contributed by atoms with Gasteiger partial charge in [0.1, 0.15) is 8.07 Å². The van der Waals surface area contributed by atoms with Crippen LogP contribution < -0.4 is 0 Å². The monoisotopic (exact) mass is 396 g/mol. The second-order valence-corrected chi connectivity index (χ2v) is 13.5. The fourth-order valence-electron chi connectivity index (χ4n) is 0.542. The minimum atomic E-state index is -2.50. The van der Waals surface area contributed by atoms with Crippen molar-refractivity contribution < 1.29 is 8.63 Å². The Labute approximate surface area is 128 Å². The summed E-state index contributed by atoms with van der Waals surface area (Å²) < 4.78 is 22.9. The summed E-state index contributed by atoms with van der Waals surface area (Å²) in [5.74, 6) is 7.25. The molecule has 7 heteroatoms. The molecule has 0 aliphatic heterocycles. The zero-order valence-electron chi connectivity index (χ0n) is 11.7. The molecule has 18 heavy (non-hydrogen) atoms. The Morgan fingerprint density at radius 1 is 1.00 bits per heavy atom.